The number of amides is 1. The van der Waals surface area contributed by atoms with Crippen LogP contribution in [0.25, 0.3) is 0 Å². The molecule has 1 aliphatic heterocycles. The summed E-state index contributed by atoms with van der Waals surface area (Å²) in [7, 11) is 1.30. The molecule has 6 nitrogen and oxygen atoms in total. The summed E-state index contributed by atoms with van der Waals surface area (Å²) in [4.78, 5) is 29.0. The van der Waals surface area contributed by atoms with Crippen molar-refractivity contribution in [3.63, 3.8) is 0 Å². The number of nitrogens with zero attached hydrogens (tertiary/aromatic N) is 2. The molecule has 1 fully saturated rings. The van der Waals surface area contributed by atoms with Crippen LogP contribution in [0.5, 0.6) is 0 Å². The molecule has 1 saturated heterocycles. The van der Waals surface area contributed by atoms with Gasteiger partial charge in [-0.25, -0.2) is 4.79 Å². The highest BCUT2D eigenvalue weighted by Crippen LogP contribution is 2.10. The van der Waals surface area contributed by atoms with Gasteiger partial charge in [-0.2, -0.15) is 0 Å². The first-order chi connectivity index (χ1) is 8.72. The number of esters is 1. The maximum absolute atomic E-state index is 12.1. The van der Waals surface area contributed by atoms with E-state index < -0.39 is 12.1 Å². The molecule has 18 heavy (non-hydrogen) atoms. The van der Waals surface area contributed by atoms with Gasteiger partial charge in [0.2, 0.25) is 0 Å². The number of methoxy groups -OCH3 is 1. The average Bonchev–Trinajstić information content (AvgIpc) is 2.46. The fourth-order valence-electron chi connectivity index (χ4n) is 1.78. The molecule has 1 atom stereocenters. The molecule has 0 N–H and O–H groups in total. The second kappa shape index (κ2) is 5.59. The summed E-state index contributed by atoms with van der Waals surface area (Å²) in [6.45, 7) is 0.993. The molecule has 96 valence electrons. The van der Waals surface area contributed by atoms with Gasteiger partial charge in [-0.15, -0.1) is 0 Å². The van der Waals surface area contributed by atoms with Crippen molar-refractivity contribution in [1.82, 2.24) is 9.88 Å². The molecular weight excluding hydrogens is 236 g/mol. The first-order valence-corrected chi connectivity index (χ1v) is 5.61. The van der Waals surface area contributed by atoms with Gasteiger partial charge in [-0.3, -0.25) is 9.78 Å². The van der Waals surface area contributed by atoms with E-state index in [9.17, 15) is 9.59 Å². The van der Waals surface area contributed by atoms with Crippen LogP contribution in [-0.4, -0.2) is 54.7 Å². The fourth-order valence-corrected chi connectivity index (χ4v) is 1.78. The van der Waals surface area contributed by atoms with Crippen LogP contribution in [0.15, 0.2) is 24.5 Å². The number of rotatable bonds is 2. The van der Waals surface area contributed by atoms with Gasteiger partial charge < -0.3 is 14.4 Å². The van der Waals surface area contributed by atoms with Crippen molar-refractivity contribution in [1.29, 1.82) is 0 Å². The molecule has 0 spiro atoms. The second-order valence-electron chi connectivity index (χ2n) is 3.88. The molecule has 2 heterocycles. The van der Waals surface area contributed by atoms with Crippen LogP contribution in [0.4, 0.5) is 0 Å². The first-order valence-electron chi connectivity index (χ1n) is 5.61. The van der Waals surface area contributed by atoms with E-state index >= 15 is 0 Å². The molecule has 1 aromatic rings. The van der Waals surface area contributed by atoms with Crippen molar-refractivity contribution in [3.8, 4) is 0 Å². The Bertz CT molecular complexity index is 435. The van der Waals surface area contributed by atoms with Gasteiger partial charge in [0.15, 0.2) is 6.10 Å². The van der Waals surface area contributed by atoms with E-state index in [2.05, 4.69) is 9.72 Å². The Morgan fingerprint density at radius 2 is 2.39 bits per heavy atom. The zero-order chi connectivity index (χ0) is 13.0. The van der Waals surface area contributed by atoms with Crippen molar-refractivity contribution < 1.29 is 19.1 Å². The Balaban J connectivity index is 2.05. The zero-order valence-electron chi connectivity index (χ0n) is 10.0. The molecule has 6 heteroatoms. The number of carbonyl (C=O) groups excluding carboxylic acids is 2. The van der Waals surface area contributed by atoms with Crippen LogP contribution < -0.4 is 0 Å². The summed E-state index contributed by atoms with van der Waals surface area (Å²) in [5.41, 5.74) is 0.503. The predicted octanol–water partition coefficient (Wildman–Crippen LogP) is 0.0956. The van der Waals surface area contributed by atoms with Crippen molar-refractivity contribution in [2.45, 2.75) is 6.10 Å². The summed E-state index contributed by atoms with van der Waals surface area (Å²) in [6, 6.07) is 3.39. The lowest BCUT2D eigenvalue weighted by molar-refractivity contribution is -0.158. The third-order valence-electron chi connectivity index (χ3n) is 2.73. The molecule has 1 aliphatic rings. The number of aromatic nitrogens is 1. The molecule has 1 unspecified atom stereocenters. The van der Waals surface area contributed by atoms with Gasteiger partial charge >= 0.3 is 5.97 Å². The third-order valence-corrected chi connectivity index (χ3v) is 2.73. The monoisotopic (exact) mass is 250 g/mol. The Morgan fingerprint density at radius 3 is 3.06 bits per heavy atom. The standard InChI is InChI=1S/C12H14N2O4/c1-17-12(16)10-8-14(5-6-18-10)11(15)9-3-2-4-13-7-9/h2-4,7,10H,5-6,8H2,1H3. The highest BCUT2D eigenvalue weighted by Gasteiger charge is 2.30. The minimum absolute atomic E-state index is 0.152. The lowest BCUT2D eigenvalue weighted by Crippen LogP contribution is -2.48. The van der Waals surface area contributed by atoms with Gasteiger partial charge in [0.05, 0.1) is 25.8 Å². The van der Waals surface area contributed by atoms with Crippen LogP contribution >= 0.6 is 0 Å². The molecular formula is C12H14N2O4. The molecule has 0 aromatic carbocycles. The van der Waals surface area contributed by atoms with Gasteiger partial charge in [-0.05, 0) is 12.1 Å². The molecule has 1 aromatic heterocycles. The maximum Gasteiger partial charge on any atom is 0.336 e. The summed E-state index contributed by atoms with van der Waals surface area (Å²) in [5, 5.41) is 0. The Hall–Kier alpha value is -1.95. The minimum Gasteiger partial charge on any atom is -0.467 e. The van der Waals surface area contributed by atoms with Crippen LogP contribution in [0.2, 0.25) is 0 Å². The van der Waals surface area contributed by atoms with Gasteiger partial charge in [0.1, 0.15) is 0 Å². The Labute approximate surface area is 105 Å². The average molecular weight is 250 g/mol. The van der Waals surface area contributed by atoms with Crippen molar-refractivity contribution >= 4 is 11.9 Å². The number of ether oxygens (including phenoxy) is 2. The molecule has 0 bridgehead atoms. The Morgan fingerprint density at radius 1 is 1.56 bits per heavy atom. The third kappa shape index (κ3) is 2.65. The topological polar surface area (TPSA) is 68.7 Å². The van der Waals surface area contributed by atoms with Crippen LogP contribution in [-0.2, 0) is 14.3 Å². The number of morpholine rings is 1. The van der Waals surface area contributed by atoms with E-state index in [1.54, 1.807) is 23.2 Å². The number of pyridine rings is 1. The largest absolute Gasteiger partial charge is 0.467 e. The van der Waals surface area contributed by atoms with E-state index in [-0.39, 0.29) is 12.5 Å². The van der Waals surface area contributed by atoms with Crippen LogP contribution in [0.1, 0.15) is 10.4 Å². The van der Waals surface area contributed by atoms with Crippen LogP contribution in [0, 0.1) is 0 Å². The highest BCUT2D eigenvalue weighted by molar-refractivity contribution is 5.94. The van der Waals surface area contributed by atoms with Gasteiger partial charge in [0, 0.05) is 18.9 Å². The molecule has 0 radical (unpaired) electrons. The summed E-state index contributed by atoms with van der Waals surface area (Å²) in [6.07, 6.45) is 2.41. The number of carbonyl (C=O) groups is 2. The SMILES string of the molecule is COC(=O)C1CN(C(=O)c2cccnc2)CCO1. The first kappa shape index (κ1) is 12.5. The molecule has 2 rings (SSSR count). The van der Waals surface area contributed by atoms with E-state index in [1.165, 1.54) is 13.3 Å². The quantitative estimate of drug-likeness (QED) is 0.696. The van der Waals surface area contributed by atoms with Gasteiger partial charge in [0.25, 0.3) is 5.91 Å². The van der Waals surface area contributed by atoms with Crippen LogP contribution in [0.3, 0.4) is 0 Å². The van der Waals surface area contributed by atoms with E-state index in [1.807, 2.05) is 0 Å². The lowest BCUT2D eigenvalue weighted by Gasteiger charge is -2.31. The van der Waals surface area contributed by atoms with E-state index in [0.29, 0.717) is 18.7 Å². The highest BCUT2D eigenvalue weighted by atomic mass is 16.6. The molecule has 0 aliphatic carbocycles. The van der Waals surface area contributed by atoms with Gasteiger partial charge in [-0.1, -0.05) is 0 Å². The maximum atomic E-state index is 12.1. The van der Waals surface area contributed by atoms with Crippen molar-refractivity contribution in [2.24, 2.45) is 0 Å². The summed E-state index contributed by atoms with van der Waals surface area (Å²) >= 11 is 0. The Kier molecular flexibility index (Phi) is 3.88. The lowest BCUT2D eigenvalue weighted by atomic mass is 10.2. The summed E-state index contributed by atoms with van der Waals surface area (Å²) in [5.74, 6) is -0.612. The van der Waals surface area contributed by atoms with Crippen molar-refractivity contribution in [2.75, 3.05) is 26.8 Å². The number of hydrogen-bond acceptors (Lipinski definition) is 5. The van der Waals surface area contributed by atoms with Crippen molar-refractivity contribution in [3.05, 3.63) is 30.1 Å². The molecule has 1 amide bonds. The van der Waals surface area contributed by atoms with E-state index in [0.717, 1.165) is 0 Å². The summed E-state index contributed by atoms with van der Waals surface area (Å²) < 4.78 is 9.87. The minimum atomic E-state index is -0.704. The molecule has 0 saturated carbocycles. The number of hydrogen-bond donors (Lipinski definition) is 0. The predicted molar refractivity (Wildman–Crippen MR) is 61.9 cm³/mol. The zero-order valence-corrected chi connectivity index (χ0v) is 10.0. The van der Waals surface area contributed by atoms with E-state index in [4.69, 9.17) is 4.74 Å². The normalized spacial score (nSPS) is 19.4. The smallest absolute Gasteiger partial charge is 0.336 e. The fraction of sp³-hybridized carbons (Fsp3) is 0.417. The second-order valence-corrected chi connectivity index (χ2v) is 3.88.